The summed E-state index contributed by atoms with van der Waals surface area (Å²) in [6.45, 7) is 1.33. The molecular weight excluding hydrogens is 268 g/mol. The quantitative estimate of drug-likeness (QED) is 0.658. The largest absolute Gasteiger partial charge is 0.399 e. The Bertz CT molecular complexity index is 567. The van der Waals surface area contributed by atoms with Gasteiger partial charge in [0.25, 0.3) is 5.91 Å². The van der Waals surface area contributed by atoms with Crippen molar-refractivity contribution in [3.63, 3.8) is 0 Å². The van der Waals surface area contributed by atoms with Crippen LogP contribution in [0.1, 0.15) is 29.6 Å². The van der Waals surface area contributed by atoms with Crippen molar-refractivity contribution in [2.24, 2.45) is 5.92 Å². The van der Waals surface area contributed by atoms with Crippen LogP contribution in [-0.4, -0.2) is 35.8 Å². The number of anilines is 2. The molecule has 6 nitrogen and oxygen atoms in total. The first-order chi connectivity index (χ1) is 10.0. The van der Waals surface area contributed by atoms with Crippen molar-refractivity contribution in [2.45, 2.75) is 25.3 Å². The van der Waals surface area contributed by atoms with Crippen molar-refractivity contribution in [3.8, 4) is 0 Å². The SMILES string of the molecule is Nc1cc(N)cc(C(=O)N2CCC3NC(=O)CCC3C2)c1. The van der Waals surface area contributed by atoms with Crippen molar-refractivity contribution < 1.29 is 9.59 Å². The van der Waals surface area contributed by atoms with Crippen LogP contribution in [0.4, 0.5) is 11.4 Å². The average molecular weight is 288 g/mol. The Balaban J connectivity index is 1.73. The van der Waals surface area contributed by atoms with Gasteiger partial charge >= 0.3 is 0 Å². The first-order valence-corrected chi connectivity index (χ1v) is 7.27. The van der Waals surface area contributed by atoms with E-state index in [0.717, 1.165) is 12.8 Å². The number of fused-ring (bicyclic) bond motifs is 1. The second-order valence-corrected chi connectivity index (χ2v) is 5.90. The number of likely N-dealkylation sites (tertiary alicyclic amines) is 1. The highest BCUT2D eigenvalue weighted by atomic mass is 16.2. The van der Waals surface area contributed by atoms with Gasteiger partial charge in [-0.2, -0.15) is 0 Å². The van der Waals surface area contributed by atoms with Gasteiger partial charge in [-0.25, -0.2) is 0 Å². The molecule has 0 aromatic heterocycles. The summed E-state index contributed by atoms with van der Waals surface area (Å²) in [6, 6.07) is 5.17. The molecule has 2 saturated heterocycles. The molecule has 112 valence electrons. The summed E-state index contributed by atoms with van der Waals surface area (Å²) in [6.07, 6.45) is 2.20. The molecule has 0 bridgehead atoms. The predicted octanol–water partition coefficient (Wildman–Crippen LogP) is 0.592. The van der Waals surface area contributed by atoms with Gasteiger partial charge in [0.1, 0.15) is 0 Å². The summed E-state index contributed by atoms with van der Waals surface area (Å²) in [5.74, 6) is 0.433. The van der Waals surface area contributed by atoms with Crippen LogP contribution in [0.5, 0.6) is 0 Å². The van der Waals surface area contributed by atoms with Crippen LogP contribution in [0.15, 0.2) is 18.2 Å². The third-order valence-electron chi connectivity index (χ3n) is 4.33. The molecule has 0 radical (unpaired) electrons. The van der Waals surface area contributed by atoms with Gasteiger partial charge in [-0.15, -0.1) is 0 Å². The normalized spacial score (nSPS) is 25.1. The van der Waals surface area contributed by atoms with E-state index in [1.54, 1.807) is 18.2 Å². The van der Waals surface area contributed by atoms with Crippen molar-refractivity contribution in [1.29, 1.82) is 0 Å². The molecule has 2 unspecified atom stereocenters. The minimum atomic E-state index is -0.0376. The Morgan fingerprint density at radius 1 is 1.19 bits per heavy atom. The number of nitrogens with two attached hydrogens (primary N) is 2. The molecule has 2 aliphatic rings. The Morgan fingerprint density at radius 3 is 2.62 bits per heavy atom. The molecule has 1 aromatic rings. The van der Waals surface area contributed by atoms with Crippen LogP contribution in [0.3, 0.4) is 0 Å². The Labute approximate surface area is 123 Å². The van der Waals surface area contributed by atoms with Crippen molar-refractivity contribution in [3.05, 3.63) is 23.8 Å². The van der Waals surface area contributed by atoms with Gasteiger partial charge in [0.15, 0.2) is 0 Å². The number of rotatable bonds is 1. The lowest BCUT2D eigenvalue weighted by atomic mass is 9.85. The van der Waals surface area contributed by atoms with Crippen molar-refractivity contribution in [1.82, 2.24) is 10.2 Å². The summed E-state index contributed by atoms with van der Waals surface area (Å²) in [5.41, 5.74) is 13.0. The van der Waals surface area contributed by atoms with Gasteiger partial charge in [-0.3, -0.25) is 9.59 Å². The van der Waals surface area contributed by atoms with Crippen LogP contribution in [0.2, 0.25) is 0 Å². The van der Waals surface area contributed by atoms with Crippen molar-refractivity contribution in [2.75, 3.05) is 24.6 Å². The van der Waals surface area contributed by atoms with E-state index < -0.39 is 0 Å². The van der Waals surface area contributed by atoms with Gasteiger partial charge in [0.05, 0.1) is 0 Å². The fourth-order valence-electron chi connectivity index (χ4n) is 3.28. The first kappa shape index (κ1) is 13.7. The van der Waals surface area contributed by atoms with Crippen LogP contribution in [-0.2, 0) is 4.79 Å². The van der Waals surface area contributed by atoms with Gasteiger partial charge in [-0.1, -0.05) is 0 Å². The summed E-state index contributed by atoms with van der Waals surface area (Å²) in [5, 5.41) is 3.02. The number of nitrogen functional groups attached to an aromatic ring is 2. The third kappa shape index (κ3) is 2.79. The van der Waals surface area contributed by atoms with Gasteiger partial charge < -0.3 is 21.7 Å². The van der Waals surface area contributed by atoms with Crippen LogP contribution in [0.25, 0.3) is 0 Å². The van der Waals surface area contributed by atoms with E-state index in [9.17, 15) is 9.59 Å². The number of nitrogens with one attached hydrogen (secondary N) is 1. The number of carbonyl (C=O) groups is 2. The van der Waals surface area contributed by atoms with E-state index >= 15 is 0 Å². The average Bonchev–Trinajstić information content (AvgIpc) is 2.45. The van der Waals surface area contributed by atoms with E-state index in [-0.39, 0.29) is 17.9 Å². The molecule has 0 aliphatic carbocycles. The zero-order chi connectivity index (χ0) is 15.0. The fraction of sp³-hybridized carbons (Fsp3) is 0.467. The Hall–Kier alpha value is -2.24. The molecule has 5 N–H and O–H groups in total. The molecule has 2 atom stereocenters. The topological polar surface area (TPSA) is 101 Å². The number of piperidine rings is 2. The number of amides is 2. The van der Waals surface area contributed by atoms with E-state index in [1.807, 2.05) is 4.90 Å². The molecule has 2 heterocycles. The molecule has 6 heteroatoms. The molecule has 1 aromatic carbocycles. The van der Waals surface area contributed by atoms with Gasteiger partial charge in [-0.05, 0) is 37.0 Å². The Morgan fingerprint density at radius 2 is 1.90 bits per heavy atom. The number of hydrogen-bond donors (Lipinski definition) is 3. The minimum absolute atomic E-state index is 0.0376. The highest BCUT2D eigenvalue weighted by Crippen LogP contribution is 2.26. The maximum Gasteiger partial charge on any atom is 0.254 e. The molecule has 21 heavy (non-hydrogen) atoms. The second-order valence-electron chi connectivity index (χ2n) is 5.90. The van der Waals surface area contributed by atoms with Crippen LogP contribution < -0.4 is 16.8 Å². The highest BCUT2D eigenvalue weighted by molar-refractivity contribution is 5.96. The highest BCUT2D eigenvalue weighted by Gasteiger charge is 2.35. The molecule has 2 amide bonds. The number of hydrogen-bond acceptors (Lipinski definition) is 4. The first-order valence-electron chi connectivity index (χ1n) is 7.27. The number of carbonyl (C=O) groups excluding carboxylic acids is 2. The smallest absolute Gasteiger partial charge is 0.254 e. The number of benzene rings is 1. The lowest BCUT2D eigenvalue weighted by molar-refractivity contribution is -0.125. The molecular formula is C15H20N4O2. The lowest BCUT2D eigenvalue weighted by Crippen LogP contribution is -2.55. The minimum Gasteiger partial charge on any atom is -0.399 e. The summed E-state index contributed by atoms with van der Waals surface area (Å²) >= 11 is 0. The van der Waals surface area contributed by atoms with Crippen molar-refractivity contribution >= 4 is 23.2 Å². The zero-order valence-electron chi connectivity index (χ0n) is 11.8. The molecule has 0 saturated carbocycles. The molecule has 3 rings (SSSR count). The van der Waals surface area contributed by atoms with E-state index in [2.05, 4.69) is 5.32 Å². The van der Waals surface area contributed by atoms with Gasteiger partial charge in [0.2, 0.25) is 5.91 Å². The number of nitrogens with zero attached hydrogens (tertiary/aromatic N) is 1. The molecule has 2 fully saturated rings. The lowest BCUT2D eigenvalue weighted by Gasteiger charge is -2.41. The maximum atomic E-state index is 12.6. The summed E-state index contributed by atoms with van der Waals surface area (Å²) < 4.78 is 0. The zero-order valence-corrected chi connectivity index (χ0v) is 11.8. The monoisotopic (exact) mass is 288 g/mol. The van der Waals surface area contributed by atoms with E-state index in [0.29, 0.717) is 42.4 Å². The molecule has 0 spiro atoms. The maximum absolute atomic E-state index is 12.6. The summed E-state index contributed by atoms with van der Waals surface area (Å²) in [4.78, 5) is 25.8. The fourth-order valence-corrected chi connectivity index (χ4v) is 3.28. The Kier molecular flexibility index (Phi) is 3.45. The van der Waals surface area contributed by atoms with Crippen LogP contribution in [0, 0.1) is 5.92 Å². The standard InChI is InChI=1S/C15H20N4O2/c16-11-5-10(6-12(17)7-11)15(21)19-4-3-13-9(8-19)1-2-14(20)18-13/h5-7,9,13H,1-4,8,16-17H2,(H,18,20). The second kappa shape index (κ2) is 5.27. The summed E-state index contributed by atoms with van der Waals surface area (Å²) in [7, 11) is 0. The van der Waals surface area contributed by atoms with E-state index in [4.69, 9.17) is 11.5 Å². The predicted molar refractivity (Wildman–Crippen MR) is 80.4 cm³/mol. The third-order valence-corrected chi connectivity index (χ3v) is 4.33. The van der Waals surface area contributed by atoms with E-state index in [1.165, 1.54) is 0 Å². The van der Waals surface area contributed by atoms with Crippen LogP contribution >= 0.6 is 0 Å². The van der Waals surface area contributed by atoms with Gasteiger partial charge in [0, 0.05) is 42.5 Å². The molecule has 2 aliphatic heterocycles.